The molecule has 0 bridgehead atoms. The zero-order valence-corrected chi connectivity index (χ0v) is 15.8. The maximum absolute atomic E-state index is 12.1. The van der Waals surface area contributed by atoms with Crippen molar-refractivity contribution in [3.63, 3.8) is 0 Å². The van der Waals surface area contributed by atoms with E-state index >= 15 is 0 Å². The molecule has 1 aromatic carbocycles. The number of benzene rings is 1. The average Bonchev–Trinajstić information content (AvgIpc) is 3.02. The fourth-order valence-electron chi connectivity index (χ4n) is 2.43. The van der Waals surface area contributed by atoms with Crippen LogP contribution in [0.25, 0.3) is 0 Å². The van der Waals surface area contributed by atoms with Gasteiger partial charge in [0.25, 0.3) is 5.91 Å². The summed E-state index contributed by atoms with van der Waals surface area (Å²) in [5.41, 5.74) is 3.42. The molecule has 8 heteroatoms. The van der Waals surface area contributed by atoms with Gasteiger partial charge in [0.2, 0.25) is 5.91 Å². The topological polar surface area (TPSA) is 111 Å². The van der Waals surface area contributed by atoms with Crippen molar-refractivity contribution in [3.8, 4) is 0 Å². The monoisotopic (exact) mass is 373 g/mol. The molecule has 0 aliphatic heterocycles. The molecule has 144 valence electrons. The average molecular weight is 373 g/mol. The maximum atomic E-state index is 12.1. The highest BCUT2D eigenvalue weighted by molar-refractivity contribution is 5.96. The van der Waals surface area contributed by atoms with E-state index in [9.17, 15) is 14.4 Å². The van der Waals surface area contributed by atoms with E-state index in [0.717, 1.165) is 11.1 Å². The Kier molecular flexibility index (Phi) is 6.70. The highest BCUT2D eigenvalue weighted by atomic mass is 16.5. The molecule has 0 saturated heterocycles. The van der Waals surface area contributed by atoms with Gasteiger partial charge in [-0.1, -0.05) is 24.2 Å². The Morgan fingerprint density at radius 1 is 1.15 bits per heavy atom. The Balaban J connectivity index is 1.80. The van der Waals surface area contributed by atoms with E-state index < -0.39 is 18.5 Å². The standard InChI is InChI=1S/C19H23N3O5/c1-5-14-18(13(4)27-22-14)19(25)26-10-17(24)20-9-16(23)21-15-8-6-7-11(2)12(15)3/h6-8H,5,9-10H2,1-4H3,(H,20,24)(H,21,23). The lowest BCUT2D eigenvalue weighted by Gasteiger charge is -2.11. The summed E-state index contributed by atoms with van der Waals surface area (Å²) in [5.74, 6) is -1.29. The third kappa shape index (κ3) is 5.16. The van der Waals surface area contributed by atoms with Gasteiger partial charge in [0, 0.05) is 5.69 Å². The molecule has 0 saturated carbocycles. The van der Waals surface area contributed by atoms with Crippen LogP contribution in [0.15, 0.2) is 22.7 Å². The lowest BCUT2D eigenvalue weighted by molar-refractivity contribution is -0.126. The molecule has 8 nitrogen and oxygen atoms in total. The minimum Gasteiger partial charge on any atom is -0.452 e. The Hall–Kier alpha value is -3.16. The number of hydrogen-bond donors (Lipinski definition) is 2. The number of amides is 2. The molecule has 27 heavy (non-hydrogen) atoms. The minimum absolute atomic E-state index is 0.226. The van der Waals surface area contributed by atoms with Gasteiger partial charge in [0.1, 0.15) is 11.3 Å². The van der Waals surface area contributed by atoms with Crippen LogP contribution >= 0.6 is 0 Å². The van der Waals surface area contributed by atoms with Gasteiger partial charge >= 0.3 is 5.97 Å². The molecule has 1 heterocycles. The summed E-state index contributed by atoms with van der Waals surface area (Å²) in [6, 6.07) is 5.58. The fourth-order valence-corrected chi connectivity index (χ4v) is 2.43. The van der Waals surface area contributed by atoms with Gasteiger partial charge in [-0.15, -0.1) is 0 Å². The second-order valence-electron chi connectivity index (χ2n) is 6.06. The van der Waals surface area contributed by atoms with Gasteiger partial charge in [-0.3, -0.25) is 9.59 Å². The molecule has 2 aromatic rings. The number of nitrogens with zero attached hydrogens (tertiary/aromatic N) is 1. The first-order chi connectivity index (χ1) is 12.8. The molecule has 0 radical (unpaired) electrons. The molecule has 2 N–H and O–H groups in total. The van der Waals surface area contributed by atoms with Crippen molar-refractivity contribution in [2.75, 3.05) is 18.5 Å². The summed E-state index contributed by atoms with van der Waals surface area (Å²) in [6.07, 6.45) is 0.506. The Morgan fingerprint density at radius 3 is 2.59 bits per heavy atom. The van der Waals surface area contributed by atoms with E-state index in [1.54, 1.807) is 13.0 Å². The predicted octanol–water partition coefficient (Wildman–Crippen LogP) is 2.07. The zero-order chi connectivity index (χ0) is 20.0. The van der Waals surface area contributed by atoms with Crippen LogP contribution in [0.1, 0.15) is 39.9 Å². The van der Waals surface area contributed by atoms with Crippen LogP contribution in [0, 0.1) is 20.8 Å². The number of aryl methyl sites for hydroxylation is 3. The summed E-state index contributed by atoms with van der Waals surface area (Å²) in [5, 5.41) is 8.91. The van der Waals surface area contributed by atoms with E-state index in [0.29, 0.717) is 23.6 Å². The number of anilines is 1. The first kappa shape index (κ1) is 20.2. The van der Waals surface area contributed by atoms with Gasteiger partial charge in [0.15, 0.2) is 6.61 Å². The zero-order valence-electron chi connectivity index (χ0n) is 15.8. The summed E-state index contributed by atoms with van der Waals surface area (Å²) in [6.45, 7) is 6.55. The first-order valence-corrected chi connectivity index (χ1v) is 8.58. The highest BCUT2D eigenvalue weighted by Gasteiger charge is 2.21. The molecule has 2 rings (SSSR count). The Bertz CT molecular complexity index is 857. The summed E-state index contributed by atoms with van der Waals surface area (Å²) in [4.78, 5) is 35.9. The fraction of sp³-hybridized carbons (Fsp3) is 0.368. The van der Waals surface area contributed by atoms with Gasteiger partial charge in [-0.25, -0.2) is 4.79 Å². The van der Waals surface area contributed by atoms with Crippen LogP contribution in [-0.2, 0) is 20.7 Å². The van der Waals surface area contributed by atoms with Crippen LogP contribution in [-0.4, -0.2) is 36.1 Å². The molecular weight excluding hydrogens is 350 g/mol. The first-order valence-electron chi connectivity index (χ1n) is 8.58. The molecule has 0 aliphatic rings. The SMILES string of the molecule is CCc1noc(C)c1C(=O)OCC(=O)NCC(=O)Nc1cccc(C)c1C. The van der Waals surface area contributed by atoms with E-state index in [1.165, 1.54) is 0 Å². The van der Waals surface area contributed by atoms with E-state index in [4.69, 9.17) is 9.26 Å². The number of ether oxygens (including phenoxy) is 1. The third-order valence-electron chi connectivity index (χ3n) is 4.13. The van der Waals surface area contributed by atoms with Gasteiger partial charge in [-0.05, 0) is 44.4 Å². The van der Waals surface area contributed by atoms with Crippen LogP contribution in [0.3, 0.4) is 0 Å². The normalized spacial score (nSPS) is 10.4. The van der Waals surface area contributed by atoms with Crippen molar-refractivity contribution in [1.29, 1.82) is 0 Å². The number of carbonyl (C=O) groups is 3. The number of nitrogens with one attached hydrogen (secondary N) is 2. The number of aromatic nitrogens is 1. The van der Waals surface area contributed by atoms with Gasteiger partial charge in [-0.2, -0.15) is 0 Å². The van der Waals surface area contributed by atoms with Crippen molar-refractivity contribution in [2.24, 2.45) is 0 Å². The second-order valence-corrected chi connectivity index (χ2v) is 6.06. The van der Waals surface area contributed by atoms with Crippen LogP contribution < -0.4 is 10.6 Å². The lowest BCUT2D eigenvalue weighted by atomic mass is 10.1. The number of carbonyl (C=O) groups excluding carboxylic acids is 3. The summed E-state index contributed by atoms with van der Waals surface area (Å²) >= 11 is 0. The van der Waals surface area contributed by atoms with Crippen molar-refractivity contribution >= 4 is 23.5 Å². The maximum Gasteiger partial charge on any atom is 0.344 e. The van der Waals surface area contributed by atoms with Crippen LogP contribution in [0.2, 0.25) is 0 Å². The molecule has 0 fully saturated rings. The van der Waals surface area contributed by atoms with E-state index in [2.05, 4.69) is 15.8 Å². The largest absolute Gasteiger partial charge is 0.452 e. The van der Waals surface area contributed by atoms with Crippen molar-refractivity contribution in [1.82, 2.24) is 10.5 Å². The number of rotatable bonds is 7. The minimum atomic E-state index is -0.680. The predicted molar refractivity (Wildman–Crippen MR) is 98.5 cm³/mol. The van der Waals surface area contributed by atoms with Crippen LogP contribution in [0.5, 0.6) is 0 Å². The van der Waals surface area contributed by atoms with Gasteiger partial charge in [0.05, 0.1) is 12.2 Å². The van der Waals surface area contributed by atoms with Crippen molar-refractivity contribution < 1.29 is 23.6 Å². The lowest BCUT2D eigenvalue weighted by Crippen LogP contribution is -2.35. The quantitative estimate of drug-likeness (QED) is 0.719. The highest BCUT2D eigenvalue weighted by Crippen LogP contribution is 2.17. The van der Waals surface area contributed by atoms with E-state index in [-0.39, 0.29) is 18.0 Å². The van der Waals surface area contributed by atoms with Gasteiger partial charge < -0.3 is 19.9 Å². The summed E-state index contributed by atoms with van der Waals surface area (Å²) in [7, 11) is 0. The molecule has 1 aromatic heterocycles. The Labute approximate surface area is 157 Å². The van der Waals surface area contributed by atoms with Crippen molar-refractivity contribution in [2.45, 2.75) is 34.1 Å². The third-order valence-corrected chi connectivity index (χ3v) is 4.13. The number of esters is 1. The van der Waals surface area contributed by atoms with Crippen molar-refractivity contribution in [3.05, 3.63) is 46.3 Å². The summed E-state index contributed by atoms with van der Waals surface area (Å²) < 4.78 is 9.94. The molecule has 0 spiro atoms. The smallest absolute Gasteiger partial charge is 0.344 e. The van der Waals surface area contributed by atoms with Crippen LogP contribution in [0.4, 0.5) is 5.69 Å². The van der Waals surface area contributed by atoms with E-state index in [1.807, 2.05) is 32.9 Å². The molecular formula is C19H23N3O5. The molecule has 0 aliphatic carbocycles. The molecule has 0 unspecified atom stereocenters. The molecule has 2 amide bonds. The Morgan fingerprint density at radius 2 is 1.89 bits per heavy atom. The molecule has 0 atom stereocenters. The second kappa shape index (κ2) is 8.98. The number of hydrogen-bond acceptors (Lipinski definition) is 6.